The van der Waals surface area contributed by atoms with Crippen LogP contribution >= 0.6 is 0 Å². The van der Waals surface area contributed by atoms with Gasteiger partial charge in [0.2, 0.25) is 12.4 Å². The first-order chi connectivity index (χ1) is 21.9. The highest BCUT2D eigenvalue weighted by molar-refractivity contribution is 5.93. The highest BCUT2D eigenvalue weighted by Gasteiger charge is 2.53. The Bertz CT molecular complexity index is 1680. The van der Waals surface area contributed by atoms with Crippen LogP contribution in [0, 0.1) is 0 Å². The van der Waals surface area contributed by atoms with Crippen molar-refractivity contribution in [1.82, 2.24) is 0 Å². The summed E-state index contributed by atoms with van der Waals surface area (Å²) < 4.78 is 49.6. The topological polar surface area (TPSA) is 189 Å². The van der Waals surface area contributed by atoms with E-state index < -0.39 is 78.5 Å². The second-order valence-corrected chi connectivity index (χ2v) is 9.85. The first-order valence-corrected chi connectivity index (χ1v) is 13.8. The van der Waals surface area contributed by atoms with E-state index in [1.54, 1.807) is 18.2 Å². The molecule has 3 aromatic rings. The Balaban J connectivity index is 1.88. The molecule has 46 heavy (non-hydrogen) atoms. The number of carbonyl (C=O) groups is 5. The zero-order chi connectivity index (χ0) is 33.5. The lowest BCUT2D eigenvalue weighted by molar-refractivity contribution is -0.288. The molecule has 15 heteroatoms. The Hall–Kier alpha value is -5.44. The summed E-state index contributed by atoms with van der Waals surface area (Å²) in [7, 11) is 1.39. The monoisotopic (exact) mass is 642 g/mol. The van der Waals surface area contributed by atoms with Crippen LogP contribution in [0.1, 0.15) is 38.1 Å². The van der Waals surface area contributed by atoms with Crippen LogP contribution in [-0.2, 0) is 42.9 Å². The quantitative estimate of drug-likeness (QED) is 0.178. The third kappa shape index (κ3) is 7.98. The van der Waals surface area contributed by atoms with E-state index in [2.05, 4.69) is 0 Å². The zero-order valence-corrected chi connectivity index (χ0v) is 25.3. The number of ether oxygens (including phenoxy) is 8. The Morgan fingerprint density at radius 2 is 1.39 bits per heavy atom. The van der Waals surface area contributed by atoms with Gasteiger partial charge in [0.05, 0.1) is 18.1 Å². The maximum atomic E-state index is 13.3. The zero-order valence-electron chi connectivity index (χ0n) is 25.3. The number of methoxy groups -OCH3 is 1. The average molecular weight is 643 g/mol. The summed E-state index contributed by atoms with van der Waals surface area (Å²) in [5, 5.41) is 0.0871. The van der Waals surface area contributed by atoms with Gasteiger partial charge in [0.25, 0.3) is 5.75 Å². The Morgan fingerprint density at radius 1 is 0.761 bits per heavy atom. The second-order valence-electron chi connectivity index (χ2n) is 9.85. The molecule has 5 atom stereocenters. The predicted molar refractivity (Wildman–Crippen MR) is 153 cm³/mol. The van der Waals surface area contributed by atoms with Crippen LogP contribution in [0.3, 0.4) is 0 Å². The van der Waals surface area contributed by atoms with E-state index in [1.165, 1.54) is 37.4 Å². The highest BCUT2D eigenvalue weighted by atomic mass is 16.7. The summed E-state index contributed by atoms with van der Waals surface area (Å²) in [5.41, 5.74) is -1.09. The van der Waals surface area contributed by atoms with E-state index in [-0.39, 0.29) is 22.3 Å². The molecule has 2 heterocycles. The van der Waals surface area contributed by atoms with E-state index in [4.69, 9.17) is 42.3 Å². The van der Waals surface area contributed by atoms with Gasteiger partial charge in [-0.25, -0.2) is 9.59 Å². The largest absolute Gasteiger partial charge is 0.497 e. The van der Waals surface area contributed by atoms with Crippen LogP contribution in [0.2, 0.25) is 0 Å². The van der Waals surface area contributed by atoms with E-state index in [0.717, 1.165) is 27.7 Å². The molecule has 244 valence electrons. The third-order valence-electron chi connectivity index (χ3n) is 6.41. The predicted octanol–water partition coefficient (Wildman–Crippen LogP) is 2.48. The number of rotatable bonds is 10. The fourth-order valence-electron chi connectivity index (χ4n) is 4.59. The van der Waals surface area contributed by atoms with Crippen molar-refractivity contribution in [3.8, 4) is 17.2 Å². The molecule has 0 unspecified atom stereocenters. The van der Waals surface area contributed by atoms with Crippen LogP contribution in [0.15, 0.2) is 57.7 Å². The van der Waals surface area contributed by atoms with Crippen molar-refractivity contribution >= 4 is 40.8 Å². The van der Waals surface area contributed by atoms with Crippen molar-refractivity contribution in [1.29, 1.82) is 0 Å². The second kappa shape index (κ2) is 14.6. The van der Waals surface area contributed by atoms with Crippen molar-refractivity contribution in [3.63, 3.8) is 0 Å². The Labute approximate surface area is 261 Å². The number of hydrogen-bond acceptors (Lipinski definition) is 15. The summed E-state index contributed by atoms with van der Waals surface area (Å²) in [4.78, 5) is 74.5. The molecule has 0 saturated carbocycles. The summed E-state index contributed by atoms with van der Waals surface area (Å²) in [6, 6.07) is 12.1. The molecule has 1 aliphatic heterocycles. The van der Waals surface area contributed by atoms with E-state index in [9.17, 15) is 28.8 Å². The lowest BCUT2D eigenvalue weighted by Crippen LogP contribution is -2.63. The van der Waals surface area contributed by atoms with Crippen molar-refractivity contribution in [2.45, 2.75) is 58.4 Å². The number of hydrogen-bond donors (Lipinski definition) is 0. The van der Waals surface area contributed by atoms with Gasteiger partial charge >= 0.3 is 35.5 Å². The lowest BCUT2D eigenvalue weighted by Gasteiger charge is -2.44. The molecule has 15 nitrogen and oxygen atoms in total. The number of benzene rings is 2. The summed E-state index contributed by atoms with van der Waals surface area (Å²) >= 11 is 0. The molecular formula is C31H30O15. The molecule has 1 aliphatic rings. The van der Waals surface area contributed by atoms with Crippen LogP contribution in [0.4, 0.5) is 0 Å². The number of carbonyl (C=O) groups excluding carboxylic acids is 5. The number of esters is 5. The Kier molecular flexibility index (Phi) is 10.6. The standard InChI is InChI=1S/C31H30O15/c1-15(32)39-14-23-25(40-16(2)33)26(41-17(3)34)28(42-18(4)35)31(44-23)46-24-21-12-11-20(38-5)13-22(21)43-30(37)27(24)45-29(36)19-9-7-6-8-10-19/h6-13,23,25-26,28,31H,14H2,1-5H3/t23-,25-,26+,28-,31-/m1/s1. The molecule has 2 aromatic carbocycles. The Morgan fingerprint density at radius 3 is 2.00 bits per heavy atom. The first kappa shape index (κ1) is 33.5. The first-order valence-electron chi connectivity index (χ1n) is 13.8. The van der Waals surface area contributed by atoms with Crippen LogP contribution in [0.25, 0.3) is 11.0 Å². The fraction of sp³-hybridized carbons (Fsp3) is 0.355. The molecule has 1 aromatic heterocycles. The molecular weight excluding hydrogens is 612 g/mol. The minimum Gasteiger partial charge on any atom is -0.497 e. The molecule has 0 amide bonds. The molecule has 0 bridgehead atoms. The van der Waals surface area contributed by atoms with Gasteiger partial charge in [-0.15, -0.1) is 0 Å². The molecule has 0 radical (unpaired) electrons. The minimum atomic E-state index is -1.75. The fourth-order valence-corrected chi connectivity index (χ4v) is 4.59. The van der Waals surface area contributed by atoms with Crippen molar-refractivity contribution < 1.29 is 66.3 Å². The van der Waals surface area contributed by atoms with Gasteiger partial charge in [-0.1, -0.05) is 18.2 Å². The number of fused-ring (bicyclic) bond motifs is 1. The lowest BCUT2D eigenvalue weighted by atomic mass is 9.98. The van der Waals surface area contributed by atoms with Gasteiger partial charge in [-0.3, -0.25) is 19.2 Å². The molecule has 0 spiro atoms. The molecule has 4 rings (SSSR count). The van der Waals surface area contributed by atoms with Crippen LogP contribution in [-0.4, -0.2) is 74.3 Å². The van der Waals surface area contributed by atoms with Crippen LogP contribution in [0.5, 0.6) is 17.2 Å². The maximum Gasteiger partial charge on any atom is 0.383 e. The van der Waals surface area contributed by atoms with Crippen molar-refractivity contribution in [3.05, 3.63) is 64.5 Å². The van der Waals surface area contributed by atoms with Crippen molar-refractivity contribution in [2.24, 2.45) is 0 Å². The van der Waals surface area contributed by atoms with Gasteiger partial charge in [0, 0.05) is 33.8 Å². The van der Waals surface area contributed by atoms with Crippen molar-refractivity contribution in [2.75, 3.05) is 13.7 Å². The van der Waals surface area contributed by atoms with E-state index >= 15 is 0 Å². The van der Waals surface area contributed by atoms with E-state index in [0.29, 0.717) is 5.75 Å². The molecule has 0 N–H and O–H groups in total. The molecule has 0 aliphatic carbocycles. The molecule has 1 fully saturated rings. The van der Waals surface area contributed by atoms with Gasteiger partial charge in [-0.2, -0.15) is 0 Å². The smallest absolute Gasteiger partial charge is 0.383 e. The average Bonchev–Trinajstić information content (AvgIpc) is 3.00. The van der Waals surface area contributed by atoms with Gasteiger partial charge in [0.15, 0.2) is 18.0 Å². The SMILES string of the molecule is COc1ccc2c(O[C@H]3O[C@H](COC(C)=O)[C@@H](OC(C)=O)[C@H](OC(C)=O)[C@H]3OC(C)=O)c(OC(=O)c3ccccc3)c(=O)oc2c1. The minimum absolute atomic E-state index is 0.0514. The molecule has 1 saturated heterocycles. The van der Waals surface area contributed by atoms with Crippen LogP contribution < -0.4 is 19.8 Å². The van der Waals surface area contributed by atoms with Gasteiger partial charge < -0.3 is 42.3 Å². The summed E-state index contributed by atoms with van der Waals surface area (Å²) in [5.74, 6) is -4.99. The summed E-state index contributed by atoms with van der Waals surface area (Å²) in [6.45, 7) is 3.79. The normalized spacial score (nSPS) is 20.6. The van der Waals surface area contributed by atoms with E-state index in [1.807, 2.05) is 0 Å². The summed E-state index contributed by atoms with van der Waals surface area (Å²) in [6.07, 6.45) is -7.76. The third-order valence-corrected chi connectivity index (χ3v) is 6.41. The van der Waals surface area contributed by atoms with Gasteiger partial charge in [-0.05, 0) is 24.3 Å². The highest BCUT2D eigenvalue weighted by Crippen LogP contribution is 2.38. The van der Waals surface area contributed by atoms with Gasteiger partial charge in [0.1, 0.15) is 24.0 Å². The maximum absolute atomic E-state index is 13.3.